The lowest BCUT2D eigenvalue weighted by atomic mass is 10.1. The Kier molecular flexibility index (Phi) is 4.03. The van der Waals surface area contributed by atoms with Gasteiger partial charge in [0.25, 0.3) is 5.69 Å². The van der Waals surface area contributed by atoms with E-state index in [4.69, 9.17) is 14.2 Å². The number of ether oxygens (including phenoxy) is 3. The molecule has 138 valence electrons. The van der Waals surface area contributed by atoms with E-state index in [2.05, 4.69) is 14.8 Å². The van der Waals surface area contributed by atoms with E-state index in [1.165, 1.54) is 13.2 Å². The predicted octanol–water partition coefficient (Wildman–Crippen LogP) is 2.48. The molecule has 0 aliphatic carbocycles. The van der Waals surface area contributed by atoms with Crippen LogP contribution in [-0.2, 0) is 0 Å². The summed E-state index contributed by atoms with van der Waals surface area (Å²) in [6.45, 7) is 1.71. The van der Waals surface area contributed by atoms with Gasteiger partial charge in [-0.05, 0) is 34.7 Å². The molecule has 9 nitrogen and oxygen atoms in total. The Balaban J connectivity index is 1.79. The van der Waals surface area contributed by atoms with Crippen LogP contribution in [0.3, 0.4) is 0 Å². The Bertz CT molecular complexity index is 1040. The minimum atomic E-state index is 0.0386. The van der Waals surface area contributed by atoms with Gasteiger partial charge in [-0.2, -0.15) is 0 Å². The number of nitrogens with zero attached hydrogens (tertiary/aromatic N) is 3. The molecule has 1 aromatic heterocycles. The molecule has 0 atom stereocenters. The van der Waals surface area contributed by atoms with Gasteiger partial charge in [-0.3, -0.25) is 9.62 Å². The van der Waals surface area contributed by atoms with Crippen molar-refractivity contribution < 1.29 is 28.8 Å². The van der Waals surface area contributed by atoms with Gasteiger partial charge in [-0.1, -0.05) is 0 Å². The molecule has 1 N–H and O–H groups in total. The lowest BCUT2D eigenvalue weighted by molar-refractivity contribution is -0.806. The molecule has 0 radical (unpaired) electrons. The van der Waals surface area contributed by atoms with Crippen molar-refractivity contribution in [2.45, 2.75) is 6.92 Å². The molecule has 4 rings (SSSR count). The molecule has 0 fully saturated rings. The average molecular weight is 369 g/mol. The average Bonchev–Trinajstić information content (AvgIpc) is 3.26. The van der Waals surface area contributed by atoms with Gasteiger partial charge >= 0.3 is 0 Å². The zero-order chi connectivity index (χ0) is 19.0. The van der Waals surface area contributed by atoms with Gasteiger partial charge in [-0.25, -0.2) is 0 Å². The zero-order valence-corrected chi connectivity index (χ0v) is 14.5. The normalized spacial score (nSPS) is 12.7. The van der Waals surface area contributed by atoms with Crippen molar-refractivity contribution in [3.8, 4) is 34.3 Å². The van der Waals surface area contributed by atoms with Crippen molar-refractivity contribution in [1.82, 2.24) is 5.16 Å². The Hall–Kier alpha value is -3.75. The van der Waals surface area contributed by atoms with Crippen LogP contribution in [-0.4, -0.2) is 30.4 Å². The second-order valence-corrected chi connectivity index (χ2v) is 5.78. The summed E-state index contributed by atoms with van der Waals surface area (Å²) in [6.07, 6.45) is 1.60. The molecular weight excluding hydrogens is 354 g/mol. The van der Waals surface area contributed by atoms with E-state index in [1.807, 2.05) is 0 Å². The van der Waals surface area contributed by atoms with E-state index in [0.717, 1.165) is 0 Å². The summed E-state index contributed by atoms with van der Waals surface area (Å²) in [5.74, 6) is 1.46. The number of aromatic hydroxyl groups is 1. The van der Waals surface area contributed by atoms with E-state index >= 15 is 0 Å². The van der Waals surface area contributed by atoms with Gasteiger partial charge in [0.05, 0.1) is 18.4 Å². The molecule has 1 aliphatic rings. The molecule has 2 aromatic carbocycles. The van der Waals surface area contributed by atoms with Crippen LogP contribution in [0.25, 0.3) is 11.3 Å². The lowest BCUT2D eigenvalue weighted by Gasteiger charge is -2.05. The number of methoxy groups -OCH3 is 1. The molecule has 0 saturated carbocycles. The number of phenolic OH excluding ortho intramolecular Hbond substituents is 1. The molecular formula is C18H15N3O6. The molecule has 0 spiro atoms. The topological polar surface area (TPSA) is 113 Å². The molecule has 0 bridgehead atoms. The molecule has 3 aromatic rings. The third-order valence-electron chi connectivity index (χ3n) is 4.13. The standard InChI is InChI=1S/C18H15N3O6/c1-10-18(20-27-21(10)23)12-6-16-17(26-9-25-16)7-13(12)19-8-11-3-4-14(22)15(5-11)24-2/h3-8,22H,9H2,1-2H3. The summed E-state index contributed by atoms with van der Waals surface area (Å²) >= 11 is 0. The Morgan fingerprint density at radius 1 is 1.26 bits per heavy atom. The number of benzene rings is 2. The van der Waals surface area contributed by atoms with Crippen LogP contribution >= 0.6 is 0 Å². The highest BCUT2D eigenvalue weighted by Gasteiger charge is 2.24. The fraction of sp³-hybridized carbons (Fsp3) is 0.167. The van der Waals surface area contributed by atoms with E-state index < -0.39 is 0 Å². The first-order valence-corrected chi connectivity index (χ1v) is 7.98. The van der Waals surface area contributed by atoms with Crippen LogP contribution in [0.5, 0.6) is 23.0 Å². The number of hydrogen-bond donors (Lipinski definition) is 1. The summed E-state index contributed by atoms with van der Waals surface area (Å²) in [4.78, 5) is 4.83. The highest BCUT2D eigenvalue weighted by Crippen LogP contribution is 2.42. The second kappa shape index (κ2) is 6.52. The first kappa shape index (κ1) is 16.7. The van der Waals surface area contributed by atoms with E-state index in [0.29, 0.717) is 50.4 Å². The second-order valence-electron chi connectivity index (χ2n) is 5.78. The molecule has 2 heterocycles. The van der Waals surface area contributed by atoms with Crippen LogP contribution < -0.4 is 19.1 Å². The third-order valence-corrected chi connectivity index (χ3v) is 4.13. The largest absolute Gasteiger partial charge is 0.504 e. The minimum Gasteiger partial charge on any atom is -0.504 e. The van der Waals surface area contributed by atoms with Gasteiger partial charge in [0, 0.05) is 24.4 Å². The summed E-state index contributed by atoms with van der Waals surface area (Å²) in [5.41, 5.74) is 2.46. The molecule has 1 aliphatic heterocycles. The van der Waals surface area contributed by atoms with Crippen LogP contribution in [0.2, 0.25) is 0 Å². The number of aliphatic imine (C=N–C) groups is 1. The van der Waals surface area contributed by atoms with Crippen molar-refractivity contribution >= 4 is 11.9 Å². The van der Waals surface area contributed by atoms with E-state index in [1.54, 1.807) is 37.4 Å². The predicted molar refractivity (Wildman–Crippen MR) is 93.7 cm³/mol. The van der Waals surface area contributed by atoms with Gasteiger partial charge in [0.15, 0.2) is 23.0 Å². The van der Waals surface area contributed by atoms with Crippen LogP contribution in [0.15, 0.2) is 40.0 Å². The summed E-state index contributed by atoms with van der Waals surface area (Å²) < 4.78 is 20.6. The number of rotatable bonds is 4. The van der Waals surface area contributed by atoms with Crippen LogP contribution in [0.1, 0.15) is 11.3 Å². The molecule has 9 heteroatoms. The maximum atomic E-state index is 11.6. The summed E-state index contributed by atoms with van der Waals surface area (Å²) in [5, 5.41) is 25.1. The molecule has 0 saturated heterocycles. The molecule has 0 amide bonds. The van der Waals surface area contributed by atoms with E-state index in [-0.39, 0.29) is 12.5 Å². The lowest BCUT2D eigenvalue weighted by Crippen LogP contribution is -2.25. The smallest absolute Gasteiger partial charge is 0.253 e. The maximum Gasteiger partial charge on any atom is 0.253 e. The van der Waals surface area contributed by atoms with Gasteiger partial charge < -0.3 is 24.5 Å². The number of hydrogen-bond acceptors (Lipinski definition) is 8. The Morgan fingerprint density at radius 3 is 2.74 bits per heavy atom. The fourth-order valence-corrected chi connectivity index (χ4v) is 2.68. The van der Waals surface area contributed by atoms with Gasteiger partial charge in [0.2, 0.25) is 12.5 Å². The van der Waals surface area contributed by atoms with Crippen LogP contribution in [0.4, 0.5) is 5.69 Å². The van der Waals surface area contributed by atoms with Crippen molar-refractivity contribution in [3.63, 3.8) is 0 Å². The van der Waals surface area contributed by atoms with Gasteiger partial charge in [-0.15, -0.1) is 0 Å². The third kappa shape index (κ3) is 2.99. The molecule has 0 unspecified atom stereocenters. The van der Waals surface area contributed by atoms with Crippen molar-refractivity contribution in [1.29, 1.82) is 0 Å². The zero-order valence-electron chi connectivity index (χ0n) is 14.5. The van der Waals surface area contributed by atoms with Crippen molar-refractivity contribution in [3.05, 3.63) is 46.8 Å². The fourth-order valence-electron chi connectivity index (χ4n) is 2.68. The monoisotopic (exact) mass is 369 g/mol. The number of aromatic nitrogens is 2. The number of phenols is 1. The highest BCUT2D eigenvalue weighted by atomic mass is 16.8. The first-order chi connectivity index (χ1) is 13.1. The maximum absolute atomic E-state index is 11.6. The quantitative estimate of drug-likeness (QED) is 0.555. The summed E-state index contributed by atoms with van der Waals surface area (Å²) in [7, 11) is 1.47. The Labute approximate surface area is 153 Å². The van der Waals surface area contributed by atoms with Crippen LogP contribution in [0, 0.1) is 12.1 Å². The minimum absolute atomic E-state index is 0.0386. The summed E-state index contributed by atoms with van der Waals surface area (Å²) in [6, 6.07) is 8.27. The van der Waals surface area contributed by atoms with Crippen molar-refractivity contribution in [2.24, 2.45) is 4.99 Å². The Morgan fingerprint density at radius 2 is 2.04 bits per heavy atom. The van der Waals surface area contributed by atoms with Crippen molar-refractivity contribution in [2.75, 3.05) is 13.9 Å². The molecule has 27 heavy (non-hydrogen) atoms. The highest BCUT2D eigenvalue weighted by molar-refractivity contribution is 5.87. The number of fused-ring (bicyclic) bond motifs is 1. The SMILES string of the molecule is COc1cc(C=Nc2cc3c(cc2-c2no[n+]([O-])c2C)OCO3)ccc1O. The first-order valence-electron chi connectivity index (χ1n) is 7.98. The van der Waals surface area contributed by atoms with Gasteiger partial charge in [0.1, 0.15) is 0 Å². The van der Waals surface area contributed by atoms with E-state index in [9.17, 15) is 10.3 Å².